The van der Waals surface area contributed by atoms with Gasteiger partial charge in [0.15, 0.2) is 0 Å². The third-order valence-corrected chi connectivity index (χ3v) is 2.96. The Morgan fingerprint density at radius 1 is 1.32 bits per heavy atom. The predicted octanol–water partition coefficient (Wildman–Crippen LogP) is 1.58. The van der Waals surface area contributed by atoms with Crippen LogP contribution in [0.4, 0.5) is 4.39 Å². The van der Waals surface area contributed by atoms with Gasteiger partial charge in [0.05, 0.1) is 19.8 Å². The maximum Gasteiger partial charge on any atom is 0.328 e. The number of carbonyl (C=O) groups is 2. The minimum Gasteiger partial charge on any atom is -0.480 e. The van der Waals surface area contributed by atoms with Gasteiger partial charge in [-0.3, -0.25) is 4.79 Å². The summed E-state index contributed by atoms with van der Waals surface area (Å²) in [6.45, 7) is 3.42. The van der Waals surface area contributed by atoms with Gasteiger partial charge in [-0.25, -0.2) is 9.18 Å². The molecule has 122 valence electrons. The van der Waals surface area contributed by atoms with Crippen molar-refractivity contribution in [3.05, 3.63) is 35.1 Å². The van der Waals surface area contributed by atoms with Crippen LogP contribution in [0.3, 0.4) is 0 Å². The number of ether oxygens (including phenoxy) is 2. The van der Waals surface area contributed by atoms with Crippen molar-refractivity contribution in [3.63, 3.8) is 0 Å². The van der Waals surface area contributed by atoms with E-state index in [2.05, 4.69) is 5.32 Å². The summed E-state index contributed by atoms with van der Waals surface area (Å²) in [7, 11) is 1.53. The number of hydrogen-bond donors (Lipinski definition) is 2. The fraction of sp³-hybridized carbons (Fsp3) is 0.467. The highest BCUT2D eigenvalue weighted by atomic mass is 19.1. The Balaban J connectivity index is 2.79. The maximum atomic E-state index is 13.7. The molecule has 2 N–H and O–H groups in total. The molecule has 1 aromatic carbocycles. The summed E-state index contributed by atoms with van der Waals surface area (Å²) in [4.78, 5) is 23.1. The van der Waals surface area contributed by atoms with E-state index in [1.165, 1.54) is 33.1 Å². The minimum atomic E-state index is -1.42. The summed E-state index contributed by atoms with van der Waals surface area (Å²) in [5.74, 6) is -2.25. The molecule has 0 aromatic heterocycles. The zero-order valence-electron chi connectivity index (χ0n) is 12.8. The lowest BCUT2D eigenvalue weighted by atomic mass is 10.0. The highest BCUT2D eigenvalue weighted by molar-refractivity contribution is 5.97. The molecule has 22 heavy (non-hydrogen) atoms. The summed E-state index contributed by atoms with van der Waals surface area (Å²) >= 11 is 0. The van der Waals surface area contributed by atoms with Crippen molar-refractivity contribution < 1.29 is 28.6 Å². The van der Waals surface area contributed by atoms with Gasteiger partial charge in [0, 0.05) is 18.2 Å². The molecule has 7 heteroatoms. The standard InChI is InChI=1S/C15H20FNO5/c1-15(2,14(19)20)17-13(18)10-4-5-12(16)11(8-10)9-22-7-6-21-3/h4-5,8H,6-7,9H2,1-3H3,(H,17,18)(H,19,20). The van der Waals surface area contributed by atoms with Gasteiger partial charge >= 0.3 is 5.97 Å². The number of methoxy groups -OCH3 is 1. The molecular weight excluding hydrogens is 293 g/mol. The molecule has 0 saturated heterocycles. The van der Waals surface area contributed by atoms with Crippen LogP contribution in [-0.2, 0) is 20.9 Å². The highest BCUT2D eigenvalue weighted by Gasteiger charge is 2.29. The van der Waals surface area contributed by atoms with Crippen molar-refractivity contribution >= 4 is 11.9 Å². The summed E-state index contributed by atoms with van der Waals surface area (Å²) < 4.78 is 23.7. The lowest BCUT2D eigenvalue weighted by molar-refractivity contribution is -0.143. The third kappa shape index (κ3) is 5.09. The van der Waals surface area contributed by atoms with E-state index >= 15 is 0 Å². The van der Waals surface area contributed by atoms with Crippen molar-refractivity contribution in [2.75, 3.05) is 20.3 Å². The van der Waals surface area contributed by atoms with Crippen LogP contribution in [-0.4, -0.2) is 42.8 Å². The van der Waals surface area contributed by atoms with Gasteiger partial charge in [0.1, 0.15) is 11.4 Å². The average molecular weight is 313 g/mol. The molecule has 0 aliphatic heterocycles. The number of carbonyl (C=O) groups excluding carboxylic acids is 1. The molecule has 0 saturated carbocycles. The molecule has 1 aromatic rings. The number of aliphatic carboxylic acids is 1. The Hall–Kier alpha value is -1.99. The smallest absolute Gasteiger partial charge is 0.328 e. The highest BCUT2D eigenvalue weighted by Crippen LogP contribution is 2.13. The Bertz CT molecular complexity index is 545. The van der Waals surface area contributed by atoms with Crippen LogP contribution >= 0.6 is 0 Å². The van der Waals surface area contributed by atoms with Crippen molar-refractivity contribution in [1.82, 2.24) is 5.32 Å². The molecule has 0 aliphatic rings. The van der Waals surface area contributed by atoms with Crippen LogP contribution in [0.15, 0.2) is 18.2 Å². The molecule has 1 rings (SSSR count). The molecule has 0 aliphatic carbocycles. The predicted molar refractivity (Wildman–Crippen MR) is 77.1 cm³/mol. The summed E-state index contributed by atoms with van der Waals surface area (Å²) in [5.41, 5.74) is -1.03. The number of carboxylic acid groups (broad SMARTS) is 1. The summed E-state index contributed by atoms with van der Waals surface area (Å²) in [6, 6.07) is 3.79. The number of benzene rings is 1. The zero-order chi connectivity index (χ0) is 16.8. The number of carboxylic acids is 1. The molecule has 0 spiro atoms. The molecule has 6 nitrogen and oxygen atoms in total. The van der Waals surface area contributed by atoms with E-state index in [9.17, 15) is 14.0 Å². The average Bonchev–Trinajstić information content (AvgIpc) is 2.44. The number of hydrogen-bond acceptors (Lipinski definition) is 4. The van der Waals surface area contributed by atoms with Gasteiger partial charge in [0.25, 0.3) is 5.91 Å². The van der Waals surface area contributed by atoms with E-state index < -0.39 is 23.2 Å². The van der Waals surface area contributed by atoms with Crippen LogP contribution in [0.25, 0.3) is 0 Å². The van der Waals surface area contributed by atoms with E-state index in [4.69, 9.17) is 14.6 Å². The van der Waals surface area contributed by atoms with Crippen molar-refractivity contribution in [2.45, 2.75) is 26.0 Å². The monoisotopic (exact) mass is 313 g/mol. The fourth-order valence-electron chi connectivity index (χ4n) is 1.56. The molecule has 0 unspecified atom stereocenters. The molecule has 0 heterocycles. The quantitative estimate of drug-likeness (QED) is 0.712. The second-order valence-corrected chi connectivity index (χ2v) is 5.24. The van der Waals surface area contributed by atoms with Gasteiger partial charge in [-0.2, -0.15) is 0 Å². The lowest BCUT2D eigenvalue weighted by Crippen LogP contribution is -2.49. The first-order chi connectivity index (χ1) is 10.3. The van der Waals surface area contributed by atoms with Crippen molar-refractivity contribution in [1.29, 1.82) is 0 Å². The summed E-state index contributed by atoms with van der Waals surface area (Å²) in [6.07, 6.45) is 0. The second kappa shape index (κ2) is 7.86. The summed E-state index contributed by atoms with van der Waals surface area (Å²) in [5, 5.41) is 11.4. The van der Waals surface area contributed by atoms with Gasteiger partial charge in [-0.1, -0.05) is 0 Å². The van der Waals surface area contributed by atoms with Crippen LogP contribution in [0.2, 0.25) is 0 Å². The van der Waals surface area contributed by atoms with Gasteiger partial charge < -0.3 is 19.9 Å². The largest absolute Gasteiger partial charge is 0.480 e. The lowest BCUT2D eigenvalue weighted by Gasteiger charge is -2.21. The fourth-order valence-corrected chi connectivity index (χ4v) is 1.56. The van der Waals surface area contributed by atoms with Crippen molar-refractivity contribution in [2.24, 2.45) is 0 Å². The van der Waals surface area contributed by atoms with Crippen LogP contribution in [0.5, 0.6) is 0 Å². The topological polar surface area (TPSA) is 84.9 Å². The Morgan fingerprint density at radius 2 is 2.00 bits per heavy atom. The zero-order valence-corrected chi connectivity index (χ0v) is 12.8. The first kappa shape index (κ1) is 18.1. The third-order valence-electron chi connectivity index (χ3n) is 2.96. The first-order valence-electron chi connectivity index (χ1n) is 6.69. The van der Waals surface area contributed by atoms with E-state index in [1.54, 1.807) is 0 Å². The second-order valence-electron chi connectivity index (χ2n) is 5.24. The van der Waals surface area contributed by atoms with Crippen LogP contribution < -0.4 is 5.32 Å². The van der Waals surface area contributed by atoms with Gasteiger partial charge in [-0.15, -0.1) is 0 Å². The van der Waals surface area contributed by atoms with Crippen molar-refractivity contribution in [3.8, 4) is 0 Å². The molecule has 0 fully saturated rings. The molecule has 1 amide bonds. The Morgan fingerprint density at radius 3 is 2.59 bits per heavy atom. The van der Waals surface area contributed by atoms with E-state index in [0.29, 0.717) is 13.2 Å². The first-order valence-corrected chi connectivity index (χ1v) is 6.69. The Kier molecular flexibility index (Phi) is 6.45. The number of rotatable bonds is 8. The van der Waals surface area contributed by atoms with Crippen LogP contribution in [0.1, 0.15) is 29.8 Å². The SMILES string of the molecule is COCCOCc1cc(C(=O)NC(C)(C)C(=O)O)ccc1F. The van der Waals surface area contributed by atoms with E-state index in [1.807, 2.05) is 0 Å². The van der Waals surface area contributed by atoms with E-state index in [0.717, 1.165) is 6.07 Å². The maximum absolute atomic E-state index is 13.7. The van der Waals surface area contributed by atoms with Gasteiger partial charge in [0.2, 0.25) is 0 Å². The number of halogens is 1. The molecule has 0 radical (unpaired) electrons. The Labute approximate surface area is 128 Å². The molecular formula is C15H20FNO5. The minimum absolute atomic E-state index is 0.00135. The normalized spacial score (nSPS) is 11.3. The van der Waals surface area contributed by atoms with Gasteiger partial charge in [-0.05, 0) is 32.0 Å². The van der Waals surface area contributed by atoms with Crippen LogP contribution in [0, 0.1) is 5.82 Å². The molecule has 0 bridgehead atoms. The number of nitrogens with one attached hydrogen (secondary N) is 1. The van der Waals surface area contributed by atoms with E-state index in [-0.39, 0.29) is 17.7 Å². The number of amides is 1. The molecule has 0 atom stereocenters.